The van der Waals surface area contributed by atoms with Crippen molar-refractivity contribution in [1.82, 2.24) is 9.55 Å². The van der Waals surface area contributed by atoms with E-state index in [9.17, 15) is 0 Å². The molecule has 4 aromatic rings. The van der Waals surface area contributed by atoms with Gasteiger partial charge in [-0.15, -0.1) is 0 Å². The highest BCUT2D eigenvalue weighted by atomic mass is 15.4. The second-order valence-electron chi connectivity index (χ2n) is 8.18. The Morgan fingerprint density at radius 1 is 1.07 bits per heavy atom. The van der Waals surface area contributed by atoms with Crippen LogP contribution in [0.3, 0.4) is 0 Å². The number of anilines is 3. The summed E-state index contributed by atoms with van der Waals surface area (Å²) in [5, 5.41) is 2.34. The molecule has 0 amide bonds. The summed E-state index contributed by atoms with van der Waals surface area (Å²) in [4.78, 5) is 8.56. The van der Waals surface area contributed by atoms with E-state index < -0.39 is 12.9 Å². The van der Waals surface area contributed by atoms with Crippen molar-refractivity contribution in [2.24, 2.45) is 0 Å². The third-order valence-corrected chi connectivity index (χ3v) is 6.56. The molecule has 150 valence electrons. The van der Waals surface area contributed by atoms with Gasteiger partial charge in [0.05, 0.1) is 24.1 Å². The van der Waals surface area contributed by atoms with Crippen molar-refractivity contribution in [3.8, 4) is 5.69 Å². The van der Waals surface area contributed by atoms with Gasteiger partial charge in [0.15, 0.2) is 0 Å². The van der Waals surface area contributed by atoms with Crippen LogP contribution in [0.4, 0.5) is 17.1 Å². The number of aryl methyl sites for hydroxylation is 1. The van der Waals surface area contributed by atoms with Crippen LogP contribution in [0, 0.1) is 6.92 Å². The third kappa shape index (κ3) is 2.14. The second-order valence-corrected chi connectivity index (χ2v) is 8.18. The largest absolute Gasteiger partial charge is 0.347 e. The van der Waals surface area contributed by atoms with Gasteiger partial charge >= 0.3 is 0 Å². The predicted octanol–water partition coefficient (Wildman–Crippen LogP) is 5.95. The van der Waals surface area contributed by atoms with Crippen molar-refractivity contribution in [2.75, 3.05) is 9.80 Å². The van der Waals surface area contributed by atoms with Crippen LogP contribution in [-0.2, 0) is 6.42 Å². The van der Waals surface area contributed by atoms with Crippen LogP contribution in [0.15, 0.2) is 60.9 Å². The first-order valence-electron chi connectivity index (χ1n) is 12.4. The van der Waals surface area contributed by atoms with Gasteiger partial charge in [-0.25, -0.2) is 4.98 Å². The van der Waals surface area contributed by atoms with Crippen LogP contribution in [0.5, 0.6) is 0 Å². The number of fused-ring (bicyclic) bond motifs is 6. The second kappa shape index (κ2) is 6.11. The van der Waals surface area contributed by atoms with Gasteiger partial charge in [-0.3, -0.25) is 0 Å². The van der Waals surface area contributed by atoms with E-state index in [1.807, 2.05) is 43.6 Å². The minimum Gasteiger partial charge on any atom is -0.347 e. The molecule has 0 bridgehead atoms. The van der Waals surface area contributed by atoms with E-state index in [1.54, 1.807) is 4.90 Å². The lowest BCUT2D eigenvalue weighted by Gasteiger charge is -2.35. The molecule has 1 aromatic heterocycles. The summed E-state index contributed by atoms with van der Waals surface area (Å²) in [5.41, 5.74) is 6.22. The van der Waals surface area contributed by atoms with E-state index in [4.69, 9.17) is 5.48 Å². The van der Waals surface area contributed by atoms with E-state index in [1.165, 1.54) is 17.9 Å². The van der Waals surface area contributed by atoms with Crippen molar-refractivity contribution in [3.63, 3.8) is 0 Å². The molecule has 0 spiro atoms. The minimum absolute atomic E-state index is 0.364. The lowest BCUT2D eigenvalue weighted by molar-refractivity contribution is 0.606. The molecule has 1 unspecified atom stereocenters. The van der Waals surface area contributed by atoms with Gasteiger partial charge in [0.25, 0.3) is 0 Å². The van der Waals surface area contributed by atoms with Gasteiger partial charge in [0.2, 0.25) is 0 Å². The predicted molar refractivity (Wildman–Crippen MR) is 124 cm³/mol. The van der Waals surface area contributed by atoms with Crippen LogP contribution in [-0.4, -0.2) is 21.7 Å². The topological polar surface area (TPSA) is 24.3 Å². The average Bonchev–Trinajstić information content (AvgIpc) is 3.45. The number of benzene rings is 3. The zero-order valence-electron chi connectivity index (χ0n) is 21.3. The zero-order valence-corrected chi connectivity index (χ0v) is 17.3. The Kier molecular flexibility index (Phi) is 2.83. The van der Waals surface area contributed by atoms with E-state index >= 15 is 0 Å². The zero-order chi connectivity index (χ0) is 24.0. The molecule has 2 aliphatic heterocycles. The Morgan fingerprint density at radius 2 is 1.80 bits per heavy atom. The number of hydrogen-bond acceptors (Lipinski definition) is 3. The van der Waals surface area contributed by atoms with Gasteiger partial charge in [-0.2, -0.15) is 0 Å². The van der Waals surface area contributed by atoms with Crippen molar-refractivity contribution < 1.29 is 5.48 Å². The van der Waals surface area contributed by atoms with Crippen LogP contribution in [0.1, 0.15) is 43.1 Å². The molecule has 0 saturated carbocycles. The number of nitrogens with zero attached hydrogens (tertiary/aromatic N) is 4. The maximum absolute atomic E-state index is 8.93. The van der Waals surface area contributed by atoms with Crippen molar-refractivity contribution in [2.45, 2.75) is 46.2 Å². The summed E-state index contributed by atoms with van der Waals surface area (Å²) in [6, 6.07) is 14.5. The van der Waals surface area contributed by atoms with Gasteiger partial charge in [-0.1, -0.05) is 36.4 Å². The number of hydrogen-bond donors (Lipinski definition) is 0. The van der Waals surface area contributed by atoms with Crippen LogP contribution in [0.25, 0.3) is 16.5 Å². The summed E-state index contributed by atoms with van der Waals surface area (Å²) in [6.45, 7) is 3.14. The van der Waals surface area contributed by atoms with Crippen LogP contribution in [0.2, 0.25) is 0 Å². The fourth-order valence-electron chi connectivity index (χ4n) is 5.40. The Hall–Kier alpha value is -3.27. The molecule has 3 heterocycles. The molecular weight excluding hydrogens is 368 g/mol. The van der Waals surface area contributed by atoms with E-state index in [0.717, 1.165) is 39.5 Å². The lowest BCUT2D eigenvalue weighted by atomic mass is 9.95. The Morgan fingerprint density at radius 3 is 2.60 bits per heavy atom. The molecule has 2 atom stereocenters. The quantitative estimate of drug-likeness (QED) is 0.367. The summed E-state index contributed by atoms with van der Waals surface area (Å²) in [6.07, 6.45) is 4.18. The smallest absolute Gasteiger partial charge is 0.117 e. The molecule has 30 heavy (non-hydrogen) atoms. The molecule has 2 aliphatic rings. The molecule has 0 radical (unpaired) electrons. The first-order chi connectivity index (χ1) is 16.1. The van der Waals surface area contributed by atoms with Crippen molar-refractivity contribution in [1.29, 1.82) is 0 Å². The van der Waals surface area contributed by atoms with Gasteiger partial charge in [-0.05, 0) is 50.7 Å². The molecular formula is C26H26N4. The fraction of sp³-hybridized carbons (Fsp3) is 0.269. The van der Waals surface area contributed by atoms with Gasteiger partial charge in [0, 0.05) is 39.9 Å². The first kappa shape index (κ1) is 13.9. The van der Waals surface area contributed by atoms with E-state index in [2.05, 4.69) is 45.6 Å². The van der Waals surface area contributed by atoms with Gasteiger partial charge in [0.1, 0.15) is 12.0 Å². The Bertz CT molecular complexity index is 1450. The normalized spacial score (nSPS) is 21.4. The summed E-state index contributed by atoms with van der Waals surface area (Å²) >= 11 is 0. The third-order valence-electron chi connectivity index (χ3n) is 6.56. The fourth-order valence-corrected chi connectivity index (χ4v) is 5.40. The summed E-state index contributed by atoms with van der Waals surface area (Å²) in [7, 11) is 0. The maximum atomic E-state index is 8.93. The summed E-state index contributed by atoms with van der Waals surface area (Å²) in [5.74, 6) is 0.997. The molecule has 4 heteroatoms. The number of rotatable bonds is 2. The monoisotopic (exact) mass is 398 g/mol. The average molecular weight is 399 g/mol. The molecule has 0 saturated heterocycles. The molecule has 3 aromatic carbocycles. The number of para-hydroxylation sites is 2. The molecule has 0 fully saturated rings. The van der Waals surface area contributed by atoms with E-state index in [0.29, 0.717) is 6.42 Å². The Labute approximate surface area is 183 Å². The number of aromatic nitrogens is 2. The molecule has 0 N–H and O–H groups in total. The van der Waals surface area contributed by atoms with Crippen molar-refractivity contribution >= 4 is 27.8 Å². The highest BCUT2D eigenvalue weighted by Gasteiger charge is 2.38. The molecule has 6 rings (SSSR count). The highest BCUT2D eigenvalue weighted by Crippen LogP contribution is 2.51. The SMILES string of the molecule is [2H]C([2H])([2H])C([2H])(C)N1c2ccccc2N(c2c3c(c4ccccc4c2C)-n2ccnc2C3)[C@H]1C. The molecule has 0 aliphatic carbocycles. The standard InChI is InChI=1S/C26H26N4/c1-16(2)29-18(4)30(23-12-8-7-11-22(23)29)25-17(3)19-9-5-6-10-20(19)26-21(25)15-24-27-13-14-28(24)26/h5-14,16,18H,15H2,1-4H3/t18-/m0/s1/i1D3,16D/t16?,18-. The van der Waals surface area contributed by atoms with Crippen LogP contribution >= 0.6 is 0 Å². The Balaban J connectivity index is 1.65. The van der Waals surface area contributed by atoms with Crippen molar-refractivity contribution in [3.05, 3.63) is 77.9 Å². The molecule has 4 nitrogen and oxygen atoms in total. The highest BCUT2D eigenvalue weighted by molar-refractivity contribution is 6.02. The maximum Gasteiger partial charge on any atom is 0.117 e. The first-order valence-corrected chi connectivity index (χ1v) is 10.4. The summed E-state index contributed by atoms with van der Waals surface area (Å²) < 4.78 is 35.4. The lowest BCUT2D eigenvalue weighted by Crippen LogP contribution is -2.42. The van der Waals surface area contributed by atoms with E-state index in [-0.39, 0.29) is 6.17 Å². The minimum atomic E-state index is -2.48. The number of imidazole rings is 1. The van der Waals surface area contributed by atoms with Gasteiger partial charge < -0.3 is 14.4 Å². The van der Waals surface area contributed by atoms with Crippen LogP contribution < -0.4 is 9.80 Å².